The number of carbonyl (C=O) groups excluding carboxylic acids is 2. The van der Waals surface area contributed by atoms with Gasteiger partial charge in [0.05, 0.1) is 31.6 Å². The SMILES string of the molecule is CCOC(=O)[C@@]12Cc3ccccc3CN1[C@@H]([C@H]1[C@@H](c3ccccc3)C(=O)N1c1ccc(OC)cc1)[C@@H]([N+](=O)[O-])[C@@H]2c1ccc(Cl)cc1. The van der Waals surface area contributed by atoms with E-state index in [2.05, 4.69) is 0 Å². The molecule has 3 aliphatic heterocycles. The average Bonchev–Trinajstić information content (AvgIpc) is 3.38. The van der Waals surface area contributed by atoms with E-state index < -0.39 is 41.5 Å². The highest BCUT2D eigenvalue weighted by Gasteiger charge is 2.74. The molecule has 0 saturated carbocycles. The second kappa shape index (κ2) is 12.1. The molecule has 0 aliphatic carbocycles. The highest BCUT2D eigenvalue weighted by atomic mass is 35.5. The van der Waals surface area contributed by atoms with Crippen molar-refractivity contribution in [1.29, 1.82) is 0 Å². The van der Waals surface area contributed by atoms with Gasteiger partial charge in [0.1, 0.15) is 17.3 Å². The number of hydrogen-bond donors (Lipinski definition) is 0. The number of anilines is 1. The molecule has 3 aliphatic rings. The van der Waals surface area contributed by atoms with Crippen molar-refractivity contribution in [2.45, 2.75) is 55.4 Å². The van der Waals surface area contributed by atoms with Crippen LogP contribution in [0.5, 0.6) is 5.75 Å². The molecule has 0 aromatic heterocycles. The number of ether oxygens (including phenoxy) is 2. The number of amides is 1. The Morgan fingerprint density at radius 2 is 1.57 bits per heavy atom. The lowest BCUT2D eigenvalue weighted by Gasteiger charge is -2.53. The summed E-state index contributed by atoms with van der Waals surface area (Å²) in [5.74, 6) is -1.63. The maximum atomic E-state index is 14.5. The van der Waals surface area contributed by atoms with Gasteiger partial charge in [0.15, 0.2) is 0 Å². The van der Waals surface area contributed by atoms with E-state index in [4.69, 9.17) is 21.1 Å². The van der Waals surface area contributed by atoms with E-state index in [0.29, 0.717) is 22.0 Å². The maximum Gasteiger partial charge on any atom is 0.327 e. The molecular weight excluding hydrogens is 618 g/mol. The molecule has 4 aromatic rings. The lowest BCUT2D eigenvalue weighted by Crippen LogP contribution is -2.71. The summed E-state index contributed by atoms with van der Waals surface area (Å²) in [6.07, 6.45) is 0.218. The van der Waals surface area contributed by atoms with Crippen LogP contribution in [0.25, 0.3) is 0 Å². The molecule has 2 fully saturated rings. The molecule has 2 saturated heterocycles. The van der Waals surface area contributed by atoms with Crippen molar-refractivity contribution >= 4 is 29.2 Å². The highest BCUT2D eigenvalue weighted by molar-refractivity contribution is 6.30. The molecule has 7 rings (SSSR count). The predicted octanol–water partition coefficient (Wildman–Crippen LogP) is 6.02. The Morgan fingerprint density at radius 1 is 0.915 bits per heavy atom. The molecule has 9 nitrogen and oxygen atoms in total. The van der Waals surface area contributed by atoms with Crippen LogP contribution in [-0.4, -0.2) is 59.1 Å². The molecule has 1 amide bonds. The normalized spacial score (nSPS) is 26.6. The predicted molar refractivity (Wildman–Crippen MR) is 177 cm³/mol. The topological polar surface area (TPSA) is 102 Å². The van der Waals surface area contributed by atoms with Crippen molar-refractivity contribution in [1.82, 2.24) is 4.90 Å². The second-order valence-electron chi connectivity index (χ2n) is 12.3. The second-order valence-corrected chi connectivity index (χ2v) is 12.7. The summed E-state index contributed by atoms with van der Waals surface area (Å²) in [7, 11) is 1.57. The quantitative estimate of drug-likeness (QED) is 0.0994. The molecule has 4 aromatic carbocycles. The molecule has 3 heterocycles. The summed E-state index contributed by atoms with van der Waals surface area (Å²) < 4.78 is 11.2. The number of rotatable bonds is 8. The highest BCUT2D eigenvalue weighted by Crippen LogP contribution is 2.57. The Labute approximate surface area is 277 Å². The fraction of sp³-hybridized carbons (Fsp3) is 0.297. The first-order valence-corrected chi connectivity index (χ1v) is 16.1. The zero-order valence-corrected chi connectivity index (χ0v) is 26.7. The van der Waals surface area contributed by atoms with Gasteiger partial charge in [0.25, 0.3) is 0 Å². The third-order valence-corrected chi connectivity index (χ3v) is 10.4. The smallest absolute Gasteiger partial charge is 0.327 e. The Hall–Kier alpha value is -4.73. The van der Waals surface area contributed by atoms with Gasteiger partial charge in [-0.3, -0.25) is 19.8 Å². The van der Waals surface area contributed by atoms with Crippen molar-refractivity contribution in [2.24, 2.45) is 0 Å². The van der Waals surface area contributed by atoms with Crippen molar-refractivity contribution in [2.75, 3.05) is 18.6 Å². The van der Waals surface area contributed by atoms with Gasteiger partial charge in [0, 0.05) is 28.6 Å². The van der Waals surface area contributed by atoms with E-state index in [1.54, 1.807) is 67.5 Å². The number of hydrogen-bond acceptors (Lipinski definition) is 7. The first-order valence-electron chi connectivity index (χ1n) is 15.7. The minimum Gasteiger partial charge on any atom is -0.497 e. The van der Waals surface area contributed by atoms with Crippen LogP contribution in [0.4, 0.5) is 5.69 Å². The van der Waals surface area contributed by atoms with Crippen LogP contribution in [0.1, 0.15) is 41.0 Å². The lowest BCUT2D eigenvalue weighted by atomic mass is 9.71. The average molecular weight is 652 g/mol. The zero-order valence-electron chi connectivity index (χ0n) is 26.0. The first kappa shape index (κ1) is 30.9. The fourth-order valence-corrected chi connectivity index (χ4v) is 8.30. The first-order chi connectivity index (χ1) is 22.8. The molecule has 240 valence electrons. The van der Waals surface area contributed by atoms with Crippen molar-refractivity contribution < 1.29 is 24.0 Å². The number of esters is 1. The monoisotopic (exact) mass is 651 g/mol. The summed E-state index contributed by atoms with van der Waals surface area (Å²) in [4.78, 5) is 45.7. The molecule has 6 atom stereocenters. The molecule has 0 unspecified atom stereocenters. The molecule has 47 heavy (non-hydrogen) atoms. The van der Waals surface area contributed by atoms with Crippen molar-refractivity contribution in [3.63, 3.8) is 0 Å². The minimum atomic E-state index is -1.42. The van der Waals surface area contributed by atoms with Crippen LogP contribution in [0, 0.1) is 10.1 Å². The van der Waals surface area contributed by atoms with E-state index in [1.807, 2.05) is 59.5 Å². The van der Waals surface area contributed by atoms with Crippen molar-refractivity contribution in [3.05, 3.63) is 141 Å². The van der Waals surface area contributed by atoms with E-state index >= 15 is 0 Å². The zero-order chi connectivity index (χ0) is 32.9. The summed E-state index contributed by atoms with van der Waals surface area (Å²) >= 11 is 6.30. The molecule has 0 radical (unpaired) electrons. The summed E-state index contributed by atoms with van der Waals surface area (Å²) in [6, 6.07) is 28.5. The lowest BCUT2D eigenvalue weighted by molar-refractivity contribution is -0.529. The van der Waals surface area contributed by atoms with E-state index in [1.165, 1.54) is 0 Å². The standard InChI is InChI=1S/C37H34ClN3O6/c1-3-47-36(43)37-21-25-11-7-8-12-26(25)22-39(37)34(33(41(44)45)31(37)24-13-15-27(38)16-14-24)32-30(23-9-5-4-6-10-23)35(42)40(32)28-17-19-29(46-2)20-18-28/h4-20,30-34H,3,21-22H2,1-2H3/t30-,31+,32-,33+,34+,37+/m1/s1. The molecule has 0 spiro atoms. The maximum absolute atomic E-state index is 14.5. The Morgan fingerprint density at radius 3 is 2.21 bits per heavy atom. The molecular formula is C37H34ClN3O6. The fourth-order valence-electron chi connectivity index (χ4n) is 8.18. The third kappa shape index (κ3) is 4.87. The van der Waals surface area contributed by atoms with Crippen LogP contribution in [0.3, 0.4) is 0 Å². The van der Waals surface area contributed by atoms with Crippen LogP contribution >= 0.6 is 11.6 Å². The minimum absolute atomic E-state index is 0.115. The molecule has 0 bridgehead atoms. The van der Waals surface area contributed by atoms with Crippen LogP contribution in [-0.2, 0) is 27.3 Å². The van der Waals surface area contributed by atoms with Crippen molar-refractivity contribution in [3.8, 4) is 5.75 Å². The van der Waals surface area contributed by atoms with Gasteiger partial charge in [-0.05, 0) is 65.6 Å². The number of β-lactam (4-membered cyclic amide) rings is 1. The number of nitrogens with zero attached hydrogens (tertiary/aromatic N) is 3. The van der Waals surface area contributed by atoms with Crippen LogP contribution in [0.2, 0.25) is 5.02 Å². The number of carbonyl (C=O) groups is 2. The van der Waals surface area contributed by atoms with Crippen LogP contribution < -0.4 is 9.64 Å². The number of nitro groups is 1. The number of halogens is 1. The number of fused-ring (bicyclic) bond motifs is 2. The van der Waals surface area contributed by atoms with Crippen LogP contribution in [0.15, 0.2) is 103 Å². The Kier molecular flexibility index (Phi) is 7.98. The number of benzene rings is 4. The van der Waals surface area contributed by atoms with E-state index in [9.17, 15) is 19.7 Å². The van der Waals surface area contributed by atoms with Gasteiger partial charge < -0.3 is 14.4 Å². The van der Waals surface area contributed by atoms with Gasteiger partial charge in [-0.25, -0.2) is 4.79 Å². The largest absolute Gasteiger partial charge is 0.497 e. The van der Waals surface area contributed by atoms with E-state index in [0.717, 1.165) is 16.7 Å². The Bertz CT molecular complexity index is 1820. The van der Waals surface area contributed by atoms with Gasteiger partial charge in [-0.15, -0.1) is 0 Å². The van der Waals surface area contributed by atoms with Gasteiger partial charge in [0.2, 0.25) is 11.9 Å². The summed E-state index contributed by atoms with van der Waals surface area (Å²) in [5.41, 5.74) is 2.48. The summed E-state index contributed by atoms with van der Waals surface area (Å²) in [5, 5.41) is 14.1. The van der Waals surface area contributed by atoms with E-state index in [-0.39, 0.29) is 30.4 Å². The molecule has 0 N–H and O–H groups in total. The van der Waals surface area contributed by atoms with Gasteiger partial charge >= 0.3 is 5.97 Å². The van der Waals surface area contributed by atoms with Gasteiger partial charge in [-0.1, -0.05) is 78.3 Å². The Balaban J connectivity index is 1.48. The molecule has 10 heteroatoms. The summed E-state index contributed by atoms with van der Waals surface area (Å²) in [6.45, 7) is 2.13. The van der Waals surface area contributed by atoms with Gasteiger partial charge in [-0.2, -0.15) is 0 Å². The third-order valence-electron chi connectivity index (χ3n) is 10.1. The number of methoxy groups -OCH3 is 1.